The Kier molecular flexibility index (Phi) is 5.84. The Labute approximate surface area is 157 Å². The summed E-state index contributed by atoms with van der Waals surface area (Å²) < 4.78 is 26.0. The minimum atomic E-state index is -0.375. The van der Waals surface area contributed by atoms with E-state index in [1.54, 1.807) is 29.0 Å². The average Bonchev–Trinajstić information content (AvgIpc) is 2.69. The maximum atomic E-state index is 13.0. The second-order valence-electron chi connectivity index (χ2n) is 6.89. The standard InChI is InChI=1S/C21H22F2N2O2/c1-24(14-15-2-6-18(22)7-3-15)20(26)17-10-12-25(13-11-17)21(27)16-4-8-19(23)9-5-16/h2-9,17H,10-14H2,1H3. The van der Waals surface area contributed by atoms with Crippen LogP contribution in [0.5, 0.6) is 0 Å². The van der Waals surface area contributed by atoms with Gasteiger partial charge in [0.05, 0.1) is 0 Å². The molecule has 0 aliphatic carbocycles. The first kappa shape index (κ1) is 19.0. The molecule has 3 rings (SSSR count). The van der Waals surface area contributed by atoms with Crippen molar-refractivity contribution in [3.63, 3.8) is 0 Å². The number of carbonyl (C=O) groups is 2. The normalized spacial score (nSPS) is 14.9. The minimum Gasteiger partial charge on any atom is -0.341 e. The van der Waals surface area contributed by atoms with Gasteiger partial charge in [-0.05, 0) is 54.8 Å². The summed E-state index contributed by atoms with van der Waals surface area (Å²) in [6, 6.07) is 11.6. The second-order valence-corrected chi connectivity index (χ2v) is 6.89. The van der Waals surface area contributed by atoms with E-state index in [-0.39, 0.29) is 29.4 Å². The number of hydrogen-bond acceptors (Lipinski definition) is 2. The fraction of sp³-hybridized carbons (Fsp3) is 0.333. The van der Waals surface area contributed by atoms with Gasteiger partial charge in [-0.2, -0.15) is 0 Å². The number of hydrogen-bond donors (Lipinski definition) is 0. The van der Waals surface area contributed by atoms with E-state index in [2.05, 4.69) is 0 Å². The Morgan fingerprint density at radius 1 is 0.963 bits per heavy atom. The van der Waals surface area contributed by atoms with Gasteiger partial charge < -0.3 is 9.80 Å². The fourth-order valence-electron chi connectivity index (χ4n) is 3.36. The molecule has 1 fully saturated rings. The number of amides is 2. The first-order chi connectivity index (χ1) is 12.9. The molecule has 1 aliphatic rings. The largest absolute Gasteiger partial charge is 0.341 e. The SMILES string of the molecule is CN(Cc1ccc(F)cc1)C(=O)C1CCN(C(=O)c2ccc(F)cc2)CC1. The highest BCUT2D eigenvalue weighted by Crippen LogP contribution is 2.22. The van der Waals surface area contributed by atoms with Gasteiger partial charge in [0, 0.05) is 38.2 Å². The van der Waals surface area contributed by atoms with Gasteiger partial charge >= 0.3 is 0 Å². The summed E-state index contributed by atoms with van der Waals surface area (Å²) in [6.07, 6.45) is 1.19. The predicted molar refractivity (Wildman–Crippen MR) is 97.9 cm³/mol. The van der Waals surface area contributed by atoms with Gasteiger partial charge in [-0.15, -0.1) is 0 Å². The summed E-state index contributed by atoms with van der Waals surface area (Å²) in [5, 5.41) is 0. The third kappa shape index (κ3) is 4.70. The maximum Gasteiger partial charge on any atom is 0.253 e. The molecule has 0 atom stereocenters. The topological polar surface area (TPSA) is 40.6 Å². The van der Waals surface area contributed by atoms with Gasteiger partial charge in [0.2, 0.25) is 5.91 Å². The number of carbonyl (C=O) groups excluding carboxylic acids is 2. The molecule has 4 nitrogen and oxygen atoms in total. The van der Waals surface area contributed by atoms with Crippen LogP contribution in [0.3, 0.4) is 0 Å². The predicted octanol–water partition coefficient (Wildman–Crippen LogP) is 3.48. The van der Waals surface area contributed by atoms with E-state index >= 15 is 0 Å². The van der Waals surface area contributed by atoms with Crippen molar-refractivity contribution in [2.24, 2.45) is 5.92 Å². The summed E-state index contributed by atoms with van der Waals surface area (Å²) in [4.78, 5) is 28.5. The Hall–Kier alpha value is -2.76. The van der Waals surface area contributed by atoms with Crippen LogP contribution >= 0.6 is 0 Å². The van der Waals surface area contributed by atoms with Gasteiger partial charge in [0.1, 0.15) is 11.6 Å². The zero-order valence-electron chi connectivity index (χ0n) is 15.2. The second kappa shape index (κ2) is 8.29. The van der Waals surface area contributed by atoms with Gasteiger partial charge in [-0.25, -0.2) is 8.78 Å². The van der Waals surface area contributed by atoms with Crippen molar-refractivity contribution < 1.29 is 18.4 Å². The molecule has 0 radical (unpaired) electrons. The van der Waals surface area contributed by atoms with E-state index in [9.17, 15) is 18.4 Å². The molecule has 0 bridgehead atoms. The zero-order valence-corrected chi connectivity index (χ0v) is 15.2. The lowest BCUT2D eigenvalue weighted by atomic mass is 9.94. The molecule has 0 N–H and O–H groups in total. The third-order valence-electron chi connectivity index (χ3n) is 4.93. The molecule has 2 aromatic rings. The fourth-order valence-corrected chi connectivity index (χ4v) is 3.36. The quantitative estimate of drug-likeness (QED) is 0.825. The van der Waals surface area contributed by atoms with E-state index in [0.29, 0.717) is 38.0 Å². The lowest BCUT2D eigenvalue weighted by Gasteiger charge is -2.33. The molecule has 1 heterocycles. The highest BCUT2D eigenvalue weighted by atomic mass is 19.1. The summed E-state index contributed by atoms with van der Waals surface area (Å²) in [7, 11) is 1.74. The zero-order chi connectivity index (χ0) is 19.4. The number of benzene rings is 2. The molecule has 0 saturated carbocycles. The van der Waals surface area contributed by atoms with Gasteiger partial charge in [0.15, 0.2) is 0 Å². The molecule has 1 aliphatic heterocycles. The Morgan fingerprint density at radius 2 is 1.48 bits per heavy atom. The molecule has 27 heavy (non-hydrogen) atoms. The van der Waals surface area contributed by atoms with Crippen molar-refractivity contribution in [2.45, 2.75) is 19.4 Å². The molecule has 2 amide bonds. The summed E-state index contributed by atoms with van der Waals surface area (Å²) in [5.74, 6) is -0.910. The van der Waals surface area contributed by atoms with Crippen LogP contribution in [0.2, 0.25) is 0 Å². The molecule has 142 valence electrons. The third-order valence-corrected chi connectivity index (χ3v) is 4.93. The van der Waals surface area contributed by atoms with Crippen molar-refractivity contribution in [3.05, 3.63) is 71.3 Å². The van der Waals surface area contributed by atoms with Crippen molar-refractivity contribution >= 4 is 11.8 Å². The monoisotopic (exact) mass is 372 g/mol. The molecule has 0 aromatic heterocycles. The van der Waals surface area contributed by atoms with Crippen LogP contribution in [0.25, 0.3) is 0 Å². The van der Waals surface area contributed by atoms with Gasteiger partial charge in [-0.3, -0.25) is 9.59 Å². The summed E-state index contributed by atoms with van der Waals surface area (Å²) in [5.41, 5.74) is 1.32. The summed E-state index contributed by atoms with van der Waals surface area (Å²) >= 11 is 0. The maximum absolute atomic E-state index is 13.0. The first-order valence-corrected chi connectivity index (χ1v) is 8.98. The number of rotatable bonds is 4. The van der Waals surface area contributed by atoms with Crippen LogP contribution in [-0.2, 0) is 11.3 Å². The van der Waals surface area contributed by atoms with Crippen molar-refractivity contribution in [1.82, 2.24) is 9.80 Å². The number of nitrogens with zero attached hydrogens (tertiary/aromatic N) is 2. The molecule has 0 unspecified atom stereocenters. The highest BCUT2D eigenvalue weighted by Gasteiger charge is 2.29. The van der Waals surface area contributed by atoms with E-state index < -0.39 is 0 Å². The van der Waals surface area contributed by atoms with Crippen LogP contribution < -0.4 is 0 Å². The lowest BCUT2D eigenvalue weighted by molar-refractivity contribution is -0.136. The van der Waals surface area contributed by atoms with Crippen LogP contribution in [0, 0.1) is 17.6 Å². The average molecular weight is 372 g/mol. The van der Waals surface area contributed by atoms with Gasteiger partial charge in [-0.1, -0.05) is 12.1 Å². The highest BCUT2D eigenvalue weighted by molar-refractivity contribution is 5.94. The number of likely N-dealkylation sites (tertiary alicyclic amines) is 1. The molecule has 6 heteroatoms. The first-order valence-electron chi connectivity index (χ1n) is 8.98. The minimum absolute atomic E-state index is 0.0354. The van der Waals surface area contributed by atoms with Crippen LogP contribution in [0.1, 0.15) is 28.8 Å². The van der Waals surface area contributed by atoms with Crippen molar-refractivity contribution in [2.75, 3.05) is 20.1 Å². The molecular weight excluding hydrogens is 350 g/mol. The lowest BCUT2D eigenvalue weighted by Crippen LogP contribution is -2.43. The summed E-state index contributed by atoms with van der Waals surface area (Å²) in [6.45, 7) is 1.42. The molecule has 1 saturated heterocycles. The van der Waals surface area contributed by atoms with Crippen molar-refractivity contribution in [1.29, 1.82) is 0 Å². The van der Waals surface area contributed by atoms with E-state index in [1.165, 1.54) is 36.4 Å². The van der Waals surface area contributed by atoms with Crippen LogP contribution in [0.4, 0.5) is 8.78 Å². The molecule has 0 spiro atoms. The Balaban J connectivity index is 1.53. The number of piperidine rings is 1. The van der Waals surface area contributed by atoms with Crippen LogP contribution in [-0.4, -0.2) is 41.8 Å². The molecular formula is C21H22F2N2O2. The van der Waals surface area contributed by atoms with Gasteiger partial charge in [0.25, 0.3) is 5.91 Å². The van der Waals surface area contributed by atoms with Crippen molar-refractivity contribution in [3.8, 4) is 0 Å². The van der Waals surface area contributed by atoms with E-state index in [0.717, 1.165) is 5.56 Å². The molecule has 2 aromatic carbocycles. The van der Waals surface area contributed by atoms with E-state index in [4.69, 9.17) is 0 Å². The Morgan fingerprint density at radius 3 is 2.04 bits per heavy atom. The van der Waals surface area contributed by atoms with E-state index in [1.807, 2.05) is 0 Å². The smallest absolute Gasteiger partial charge is 0.253 e. The van der Waals surface area contributed by atoms with Crippen LogP contribution in [0.15, 0.2) is 48.5 Å². The number of halogens is 2. The Bertz CT molecular complexity index is 798.